The molecular formula is C16H10F3NO3S. The summed E-state index contributed by atoms with van der Waals surface area (Å²) in [6, 6.07) is 12.3. The van der Waals surface area contributed by atoms with Crippen LogP contribution in [0.1, 0.15) is 10.4 Å². The van der Waals surface area contributed by atoms with Crippen LogP contribution < -0.4 is 10.2 Å². The first kappa shape index (κ1) is 16.3. The van der Waals surface area contributed by atoms with Gasteiger partial charge in [-0.1, -0.05) is 0 Å². The van der Waals surface area contributed by atoms with Gasteiger partial charge in [-0.15, -0.1) is 24.5 Å². The summed E-state index contributed by atoms with van der Waals surface area (Å²) in [7, 11) is 0. The number of hydroxylamine groups is 1. The van der Waals surface area contributed by atoms with E-state index in [0.717, 1.165) is 20.5 Å². The Bertz CT molecular complexity index is 888. The average molecular weight is 353 g/mol. The molecule has 8 heteroatoms. The van der Waals surface area contributed by atoms with Crippen LogP contribution in [0.15, 0.2) is 48.5 Å². The Hall–Kier alpha value is -2.58. The number of amides is 1. The van der Waals surface area contributed by atoms with Gasteiger partial charge in [0.2, 0.25) is 0 Å². The Balaban J connectivity index is 1.90. The number of rotatable bonds is 3. The molecule has 3 aromatic rings. The molecule has 124 valence electrons. The van der Waals surface area contributed by atoms with Gasteiger partial charge in [-0.25, -0.2) is 5.48 Å². The predicted molar refractivity (Wildman–Crippen MR) is 83.2 cm³/mol. The normalized spacial score (nSPS) is 11.5. The molecule has 2 aromatic carbocycles. The van der Waals surface area contributed by atoms with Crippen molar-refractivity contribution in [3.05, 3.63) is 54.1 Å². The fourth-order valence-corrected chi connectivity index (χ4v) is 3.26. The lowest BCUT2D eigenvalue weighted by Crippen LogP contribution is -2.18. The lowest BCUT2D eigenvalue weighted by Gasteiger charge is -2.08. The van der Waals surface area contributed by atoms with Crippen molar-refractivity contribution in [3.63, 3.8) is 0 Å². The second-order valence-electron chi connectivity index (χ2n) is 4.88. The molecular weight excluding hydrogens is 343 g/mol. The first-order chi connectivity index (χ1) is 11.4. The second-order valence-corrected chi connectivity index (χ2v) is 5.96. The fourth-order valence-electron chi connectivity index (χ4n) is 2.21. The third-order valence-corrected chi connectivity index (χ3v) is 4.42. The molecule has 24 heavy (non-hydrogen) atoms. The van der Waals surface area contributed by atoms with Gasteiger partial charge in [0.05, 0.1) is 0 Å². The van der Waals surface area contributed by atoms with Crippen LogP contribution >= 0.6 is 11.3 Å². The van der Waals surface area contributed by atoms with E-state index in [0.29, 0.717) is 5.56 Å². The third kappa shape index (κ3) is 3.50. The zero-order valence-corrected chi connectivity index (χ0v) is 12.7. The number of fused-ring (bicyclic) bond motifs is 1. The van der Waals surface area contributed by atoms with Gasteiger partial charge in [0.15, 0.2) is 0 Å². The summed E-state index contributed by atoms with van der Waals surface area (Å²) >= 11 is 1.44. The number of thiophene rings is 1. The summed E-state index contributed by atoms with van der Waals surface area (Å²) in [4.78, 5) is 12.3. The largest absolute Gasteiger partial charge is 0.573 e. The number of ether oxygens (including phenoxy) is 1. The molecule has 0 bridgehead atoms. The van der Waals surface area contributed by atoms with Gasteiger partial charge >= 0.3 is 6.36 Å². The number of hydrogen-bond acceptors (Lipinski definition) is 4. The van der Waals surface area contributed by atoms with E-state index in [1.165, 1.54) is 35.6 Å². The molecule has 4 nitrogen and oxygen atoms in total. The van der Waals surface area contributed by atoms with E-state index in [9.17, 15) is 18.0 Å². The highest BCUT2D eigenvalue weighted by molar-refractivity contribution is 7.22. The van der Waals surface area contributed by atoms with Gasteiger partial charge in [-0.2, -0.15) is 0 Å². The van der Waals surface area contributed by atoms with Crippen LogP contribution in [0.4, 0.5) is 13.2 Å². The minimum Gasteiger partial charge on any atom is -0.406 e. The van der Waals surface area contributed by atoms with E-state index in [2.05, 4.69) is 4.74 Å². The van der Waals surface area contributed by atoms with Crippen molar-refractivity contribution in [2.24, 2.45) is 0 Å². The van der Waals surface area contributed by atoms with Crippen molar-refractivity contribution < 1.29 is 27.9 Å². The van der Waals surface area contributed by atoms with Gasteiger partial charge < -0.3 is 4.74 Å². The SMILES string of the molecule is O=C(NO)c1ccc2sc(-c3ccc(OC(F)(F)F)cc3)cc2c1. The van der Waals surface area contributed by atoms with Gasteiger partial charge in [0.25, 0.3) is 5.91 Å². The molecule has 1 aromatic heterocycles. The molecule has 0 aliphatic heterocycles. The second kappa shape index (κ2) is 6.14. The first-order valence-corrected chi connectivity index (χ1v) is 7.51. The van der Waals surface area contributed by atoms with Crippen LogP contribution in [0.25, 0.3) is 20.5 Å². The van der Waals surface area contributed by atoms with Crippen LogP contribution in [-0.4, -0.2) is 17.5 Å². The van der Waals surface area contributed by atoms with E-state index in [4.69, 9.17) is 5.21 Å². The van der Waals surface area contributed by atoms with Crippen molar-refractivity contribution in [1.29, 1.82) is 0 Å². The summed E-state index contributed by atoms with van der Waals surface area (Å²) < 4.78 is 41.3. The zero-order valence-electron chi connectivity index (χ0n) is 11.9. The van der Waals surface area contributed by atoms with E-state index in [1.54, 1.807) is 23.7 Å². The standard InChI is InChI=1S/C16H10F3NO3S/c17-16(18,19)23-12-4-1-9(2-5-12)14-8-11-7-10(15(21)20-22)3-6-13(11)24-14/h1-8,22H,(H,20,21). The number of carbonyl (C=O) groups excluding carboxylic acids is 1. The van der Waals surface area contributed by atoms with Crippen molar-refractivity contribution in [1.82, 2.24) is 5.48 Å². The summed E-state index contributed by atoms with van der Waals surface area (Å²) in [5.41, 5.74) is 2.61. The Kier molecular flexibility index (Phi) is 4.16. The fraction of sp³-hybridized carbons (Fsp3) is 0.0625. The van der Waals surface area contributed by atoms with Gasteiger partial charge in [0, 0.05) is 15.1 Å². The lowest BCUT2D eigenvalue weighted by molar-refractivity contribution is -0.274. The quantitative estimate of drug-likeness (QED) is 0.535. The van der Waals surface area contributed by atoms with Gasteiger partial charge in [-0.05, 0) is 59.5 Å². The summed E-state index contributed by atoms with van der Waals surface area (Å²) in [5.74, 6) is -0.896. The maximum absolute atomic E-state index is 12.2. The molecule has 0 atom stereocenters. The lowest BCUT2D eigenvalue weighted by atomic mass is 10.1. The van der Waals surface area contributed by atoms with Gasteiger partial charge in [-0.3, -0.25) is 10.0 Å². The van der Waals surface area contributed by atoms with Crippen LogP contribution in [0, 0.1) is 0 Å². The molecule has 2 N–H and O–H groups in total. The third-order valence-electron chi connectivity index (χ3n) is 3.25. The number of halogens is 3. The van der Waals surface area contributed by atoms with Gasteiger partial charge in [0.1, 0.15) is 5.75 Å². The Labute approximate surface area is 138 Å². The van der Waals surface area contributed by atoms with E-state index >= 15 is 0 Å². The number of nitrogens with one attached hydrogen (secondary N) is 1. The Morgan fingerprint density at radius 2 is 1.79 bits per heavy atom. The van der Waals surface area contributed by atoms with Crippen LogP contribution in [-0.2, 0) is 0 Å². The molecule has 0 saturated carbocycles. The summed E-state index contributed by atoms with van der Waals surface area (Å²) in [5, 5.41) is 9.46. The molecule has 0 saturated heterocycles. The minimum absolute atomic E-state index is 0.283. The van der Waals surface area contributed by atoms with E-state index < -0.39 is 12.3 Å². The maximum atomic E-state index is 12.2. The highest BCUT2D eigenvalue weighted by Crippen LogP contribution is 2.35. The van der Waals surface area contributed by atoms with Crippen molar-refractivity contribution in [3.8, 4) is 16.2 Å². The molecule has 0 aliphatic carbocycles. The molecule has 0 aliphatic rings. The van der Waals surface area contributed by atoms with Crippen molar-refractivity contribution in [2.75, 3.05) is 0 Å². The average Bonchev–Trinajstić information content (AvgIpc) is 2.96. The van der Waals surface area contributed by atoms with E-state index in [1.807, 2.05) is 6.07 Å². The maximum Gasteiger partial charge on any atom is 0.573 e. The van der Waals surface area contributed by atoms with E-state index in [-0.39, 0.29) is 5.75 Å². The molecule has 0 unspecified atom stereocenters. The number of benzene rings is 2. The molecule has 0 fully saturated rings. The zero-order chi connectivity index (χ0) is 17.3. The molecule has 1 amide bonds. The number of hydrogen-bond donors (Lipinski definition) is 2. The van der Waals surface area contributed by atoms with Crippen LogP contribution in [0.2, 0.25) is 0 Å². The summed E-state index contributed by atoms with van der Waals surface area (Å²) in [6.45, 7) is 0. The summed E-state index contributed by atoms with van der Waals surface area (Å²) in [6.07, 6.45) is -4.72. The van der Waals surface area contributed by atoms with Crippen LogP contribution in [0.5, 0.6) is 5.75 Å². The Morgan fingerprint density at radius 3 is 2.42 bits per heavy atom. The van der Waals surface area contributed by atoms with Crippen molar-refractivity contribution >= 4 is 27.3 Å². The minimum atomic E-state index is -4.72. The predicted octanol–water partition coefficient (Wildman–Crippen LogP) is 4.59. The first-order valence-electron chi connectivity index (χ1n) is 6.70. The topological polar surface area (TPSA) is 58.6 Å². The highest BCUT2D eigenvalue weighted by Gasteiger charge is 2.30. The monoisotopic (exact) mass is 353 g/mol. The molecule has 0 radical (unpaired) electrons. The molecule has 3 rings (SSSR count). The smallest absolute Gasteiger partial charge is 0.406 e. The highest BCUT2D eigenvalue weighted by atomic mass is 32.1. The number of carbonyl (C=O) groups is 1. The van der Waals surface area contributed by atoms with Crippen molar-refractivity contribution in [2.45, 2.75) is 6.36 Å². The van der Waals surface area contributed by atoms with Crippen LogP contribution in [0.3, 0.4) is 0 Å². The molecule has 0 spiro atoms. The Morgan fingerprint density at radius 1 is 1.08 bits per heavy atom. The molecule has 1 heterocycles. The number of alkyl halides is 3.